The van der Waals surface area contributed by atoms with Gasteiger partial charge in [-0.25, -0.2) is 4.39 Å². The average Bonchev–Trinajstić information content (AvgIpc) is 3.13. The highest BCUT2D eigenvalue weighted by molar-refractivity contribution is 7.80. The normalized spacial score (nSPS) is 15.1. The number of benzene rings is 3. The van der Waals surface area contributed by atoms with E-state index < -0.39 is 17.8 Å². The molecule has 1 aliphatic heterocycles. The van der Waals surface area contributed by atoms with Crippen molar-refractivity contribution in [1.82, 2.24) is 4.90 Å². The van der Waals surface area contributed by atoms with Gasteiger partial charge >= 0.3 is 0 Å². The Hall–Kier alpha value is -4.18. The van der Waals surface area contributed by atoms with E-state index in [0.717, 1.165) is 5.56 Å². The van der Waals surface area contributed by atoms with E-state index in [1.54, 1.807) is 62.6 Å². The molecule has 10 heteroatoms. The molecule has 1 aliphatic rings. The number of rotatable bonds is 9. The Kier molecular flexibility index (Phi) is 7.88. The second-order valence-corrected chi connectivity index (χ2v) is 8.61. The summed E-state index contributed by atoms with van der Waals surface area (Å²) in [5.74, 6) is 0.603. The van der Waals surface area contributed by atoms with Gasteiger partial charge < -0.3 is 24.4 Å². The molecule has 1 saturated heterocycles. The first kappa shape index (κ1) is 25.9. The van der Waals surface area contributed by atoms with Crippen molar-refractivity contribution < 1.29 is 28.2 Å². The van der Waals surface area contributed by atoms with E-state index in [4.69, 9.17) is 26.4 Å². The van der Waals surface area contributed by atoms with Crippen LogP contribution in [-0.2, 0) is 16.1 Å². The predicted octanol–water partition coefficient (Wildman–Crippen LogP) is 4.38. The Labute approximate surface area is 219 Å². The number of carbonyl (C=O) groups excluding carboxylic acids is 2. The van der Waals surface area contributed by atoms with E-state index >= 15 is 0 Å². The second-order valence-electron chi connectivity index (χ2n) is 8.25. The first-order valence-electron chi connectivity index (χ1n) is 11.4. The van der Waals surface area contributed by atoms with E-state index in [9.17, 15) is 14.0 Å². The predicted molar refractivity (Wildman–Crippen MR) is 142 cm³/mol. The van der Waals surface area contributed by atoms with Gasteiger partial charge in [-0.15, -0.1) is 0 Å². The van der Waals surface area contributed by atoms with Gasteiger partial charge in [0.05, 0.1) is 33.4 Å². The number of nitrogens with one attached hydrogen (secondary N) is 1. The van der Waals surface area contributed by atoms with Crippen LogP contribution in [0.2, 0.25) is 0 Å². The minimum absolute atomic E-state index is 0.156. The van der Waals surface area contributed by atoms with Crippen molar-refractivity contribution >= 4 is 40.5 Å². The van der Waals surface area contributed by atoms with E-state index in [1.807, 2.05) is 6.07 Å². The lowest BCUT2D eigenvalue weighted by molar-refractivity contribution is -0.124. The Bertz CT molecular complexity index is 1300. The zero-order chi connectivity index (χ0) is 26.5. The van der Waals surface area contributed by atoms with Gasteiger partial charge in [0, 0.05) is 12.2 Å². The molecule has 0 saturated carbocycles. The summed E-state index contributed by atoms with van der Waals surface area (Å²) in [6.45, 7) is 0.256. The van der Waals surface area contributed by atoms with Crippen LogP contribution < -0.4 is 24.4 Å². The minimum Gasteiger partial charge on any atom is -0.497 e. The van der Waals surface area contributed by atoms with Crippen molar-refractivity contribution in [2.45, 2.75) is 19.0 Å². The summed E-state index contributed by atoms with van der Waals surface area (Å²) < 4.78 is 29.2. The summed E-state index contributed by atoms with van der Waals surface area (Å²) in [5, 5.41) is 2.99. The number of thiocarbonyl (C=S) groups is 1. The van der Waals surface area contributed by atoms with Crippen LogP contribution in [0.15, 0.2) is 66.7 Å². The monoisotopic (exact) mass is 523 g/mol. The molecule has 0 aliphatic carbocycles. The number of hydrogen-bond acceptors (Lipinski definition) is 6. The molecule has 0 unspecified atom stereocenters. The fourth-order valence-electron chi connectivity index (χ4n) is 4.08. The number of hydrogen-bond donors (Lipinski definition) is 1. The lowest BCUT2D eigenvalue weighted by atomic mass is 10.1. The number of nitrogens with zero attached hydrogens (tertiary/aromatic N) is 2. The van der Waals surface area contributed by atoms with E-state index in [-0.39, 0.29) is 24.0 Å². The van der Waals surface area contributed by atoms with Gasteiger partial charge in [0.2, 0.25) is 5.91 Å². The molecule has 0 aromatic heterocycles. The zero-order valence-electron chi connectivity index (χ0n) is 20.6. The molecule has 1 atom stereocenters. The molecule has 0 radical (unpaired) electrons. The minimum atomic E-state index is -0.858. The average molecular weight is 524 g/mol. The summed E-state index contributed by atoms with van der Waals surface area (Å²) >= 11 is 5.74. The Morgan fingerprint density at radius 2 is 1.62 bits per heavy atom. The molecule has 8 nitrogen and oxygen atoms in total. The number of amides is 2. The van der Waals surface area contributed by atoms with Crippen LogP contribution in [0.1, 0.15) is 12.0 Å². The smallest absolute Gasteiger partial charge is 0.256 e. The Morgan fingerprint density at radius 3 is 2.24 bits per heavy atom. The summed E-state index contributed by atoms with van der Waals surface area (Å²) in [7, 11) is 4.65. The number of ether oxygens (including phenoxy) is 3. The summed E-state index contributed by atoms with van der Waals surface area (Å²) in [4.78, 5) is 29.7. The molecule has 2 amide bonds. The first-order valence-corrected chi connectivity index (χ1v) is 11.8. The molecule has 3 aromatic carbocycles. The van der Waals surface area contributed by atoms with Gasteiger partial charge in [0.15, 0.2) is 16.6 Å². The molecular formula is C27H26FN3O5S. The highest BCUT2D eigenvalue weighted by Gasteiger charge is 2.44. The summed E-state index contributed by atoms with van der Waals surface area (Å²) in [5.41, 5.74) is 1.81. The third-order valence-electron chi connectivity index (χ3n) is 5.96. The lowest BCUT2D eigenvalue weighted by Crippen LogP contribution is -2.37. The Morgan fingerprint density at radius 1 is 0.946 bits per heavy atom. The van der Waals surface area contributed by atoms with Crippen LogP contribution >= 0.6 is 12.2 Å². The molecule has 37 heavy (non-hydrogen) atoms. The van der Waals surface area contributed by atoms with Gasteiger partial charge in [-0.1, -0.05) is 6.07 Å². The molecule has 3 aromatic rings. The van der Waals surface area contributed by atoms with Gasteiger partial charge in [0.1, 0.15) is 17.6 Å². The molecule has 1 N–H and O–H groups in total. The molecule has 1 fully saturated rings. The van der Waals surface area contributed by atoms with E-state index in [2.05, 4.69) is 5.32 Å². The summed E-state index contributed by atoms with van der Waals surface area (Å²) in [6.07, 6.45) is -0.156. The van der Waals surface area contributed by atoms with Crippen LogP contribution in [-0.4, -0.2) is 49.2 Å². The fraction of sp³-hybridized carbons (Fsp3) is 0.222. The highest BCUT2D eigenvalue weighted by atomic mass is 32.1. The van der Waals surface area contributed by atoms with Crippen LogP contribution in [0.3, 0.4) is 0 Å². The SMILES string of the molecule is COc1ccc(N2C(=O)[C@H](CC(=O)Nc3ccc(F)cc3)N(Cc3ccc(OC)c(OC)c3)C2=S)cc1. The van der Waals surface area contributed by atoms with E-state index in [0.29, 0.717) is 28.6 Å². The molecule has 192 valence electrons. The maximum atomic E-state index is 13.6. The number of halogens is 1. The van der Waals surface area contributed by atoms with Crippen molar-refractivity contribution in [2.24, 2.45) is 0 Å². The number of methoxy groups -OCH3 is 3. The fourth-order valence-corrected chi connectivity index (χ4v) is 4.47. The third-order valence-corrected chi connectivity index (χ3v) is 6.37. The number of carbonyl (C=O) groups is 2. The largest absolute Gasteiger partial charge is 0.497 e. The van der Waals surface area contributed by atoms with Crippen molar-refractivity contribution in [3.8, 4) is 17.2 Å². The quantitative estimate of drug-likeness (QED) is 0.417. The lowest BCUT2D eigenvalue weighted by Gasteiger charge is -2.24. The zero-order valence-corrected chi connectivity index (χ0v) is 21.4. The van der Waals surface area contributed by atoms with Crippen LogP contribution in [0, 0.1) is 5.82 Å². The van der Waals surface area contributed by atoms with Gasteiger partial charge in [-0.2, -0.15) is 0 Å². The molecule has 0 spiro atoms. The Balaban J connectivity index is 1.62. The van der Waals surface area contributed by atoms with Crippen LogP contribution in [0.4, 0.5) is 15.8 Å². The molecule has 1 heterocycles. The van der Waals surface area contributed by atoms with Crippen molar-refractivity contribution in [2.75, 3.05) is 31.5 Å². The van der Waals surface area contributed by atoms with Crippen LogP contribution in [0.25, 0.3) is 0 Å². The van der Waals surface area contributed by atoms with Crippen molar-refractivity contribution in [3.05, 3.63) is 78.1 Å². The second kappa shape index (κ2) is 11.3. The highest BCUT2D eigenvalue weighted by Crippen LogP contribution is 2.32. The molecular weight excluding hydrogens is 497 g/mol. The molecule has 4 rings (SSSR count). The molecule has 0 bridgehead atoms. The summed E-state index contributed by atoms with van der Waals surface area (Å²) in [6, 6.07) is 16.9. The van der Waals surface area contributed by atoms with Crippen molar-refractivity contribution in [1.29, 1.82) is 0 Å². The van der Waals surface area contributed by atoms with Gasteiger partial charge in [-0.05, 0) is 78.4 Å². The third kappa shape index (κ3) is 5.64. The van der Waals surface area contributed by atoms with Crippen LogP contribution in [0.5, 0.6) is 17.2 Å². The van der Waals surface area contributed by atoms with Gasteiger partial charge in [0.25, 0.3) is 5.91 Å². The first-order chi connectivity index (χ1) is 17.8. The standard InChI is InChI=1S/C27H26FN3O5S/c1-34-21-11-9-20(10-12-21)31-26(33)22(15-25(32)29-19-7-5-18(28)6-8-19)30(27(31)37)16-17-4-13-23(35-2)24(14-17)36-3/h4-14,22H,15-16H2,1-3H3,(H,29,32)/t22-/m0/s1. The van der Waals surface area contributed by atoms with E-state index in [1.165, 1.54) is 29.2 Å². The van der Waals surface area contributed by atoms with Gasteiger partial charge in [-0.3, -0.25) is 14.5 Å². The maximum absolute atomic E-state index is 13.6. The maximum Gasteiger partial charge on any atom is 0.256 e. The number of anilines is 2. The van der Waals surface area contributed by atoms with Crippen molar-refractivity contribution in [3.63, 3.8) is 0 Å². The topological polar surface area (TPSA) is 80.3 Å².